The van der Waals surface area contributed by atoms with E-state index in [1.807, 2.05) is 48.5 Å². The lowest BCUT2D eigenvalue weighted by atomic mass is 10.1. The number of para-hydroxylation sites is 1. The lowest BCUT2D eigenvalue weighted by molar-refractivity contribution is 0.413. The summed E-state index contributed by atoms with van der Waals surface area (Å²) in [5.74, 6) is 2.19. The van der Waals surface area contributed by atoms with Crippen molar-refractivity contribution in [3.05, 3.63) is 77.2 Å². The summed E-state index contributed by atoms with van der Waals surface area (Å²) in [7, 11) is 3.35. The van der Waals surface area contributed by atoms with Gasteiger partial charge >= 0.3 is 0 Å². The largest absolute Gasteiger partial charge is 0.497 e. The summed E-state index contributed by atoms with van der Waals surface area (Å²) in [5.41, 5.74) is 1.70. The predicted octanol–water partition coefficient (Wildman–Crippen LogP) is 3.85. The van der Waals surface area contributed by atoms with Crippen molar-refractivity contribution < 1.29 is 9.47 Å². The Kier molecular flexibility index (Phi) is 4.15. The van der Waals surface area contributed by atoms with Crippen LogP contribution in [0.4, 0.5) is 0 Å². The molecule has 1 heterocycles. The standard InChI is InChI=1S/C19H17NO3/c1-20-13-14(8-11-19(20)21)17-12-16(22-2)9-10-18(17)23-15-6-4-3-5-7-15/h3-13H,1-2H3. The fraction of sp³-hybridized carbons (Fsp3) is 0.105. The van der Waals surface area contributed by atoms with Crippen LogP contribution in [0.3, 0.4) is 0 Å². The Hall–Kier alpha value is -3.01. The number of hydrogen-bond acceptors (Lipinski definition) is 3. The van der Waals surface area contributed by atoms with Crippen LogP contribution in [0.25, 0.3) is 11.1 Å². The van der Waals surface area contributed by atoms with Crippen LogP contribution in [0.5, 0.6) is 17.2 Å². The number of hydrogen-bond donors (Lipinski definition) is 0. The maximum Gasteiger partial charge on any atom is 0.250 e. The van der Waals surface area contributed by atoms with Crippen molar-refractivity contribution in [1.29, 1.82) is 0 Å². The SMILES string of the molecule is COc1ccc(Oc2ccccc2)c(-c2ccc(=O)n(C)c2)c1. The first-order valence-corrected chi connectivity index (χ1v) is 7.25. The third kappa shape index (κ3) is 3.26. The van der Waals surface area contributed by atoms with Crippen LogP contribution >= 0.6 is 0 Å². The number of rotatable bonds is 4. The van der Waals surface area contributed by atoms with Gasteiger partial charge < -0.3 is 14.0 Å². The Balaban J connectivity index is 2.09. The van der Waals surface area contributed by atoms with Crippen molar-refractivity contribution >= 4 is 0 Å². The minimum atomic E-state index is -0.0535. The molecule has 1 aromatic heterocycles. The van der Waals surface area contributed by atoms with Gasteiger partial charge in [0.25, 0.3) is 0 Å². The average Bonchev–Trinajstić information content (AvgIpc) is 2.59. The molecular formula is C19H17NO3. The smallest absolute Gasteiger partial charge is 0.250 e. The van der Waals surface area contributed by atoms with Crippen LogP contribution in [0.2, 0.25) is 0 Å². The number of methoxy groups -OCH3 is 1. The van der Waals surface area contributed by atoms with E-state index in [1.165, 1.54) is 0 Å². The first-order chi connectivity index (χ1) is 11.2. The first kappa shape index (κ1) is 14.9. The van der Waals surface area contributed by atoms with Crippen molar-refractivity contribution in [3.63, 3.8) is 0 Å². The van der Waals surface area contributed by atoms with Gasteiger partial charge in [0.1, 0.15) is 17.2 Å². The van der Waals surface area contributed by atoms with Crippen LogP contribution in [-0.4, -0.2) is 11.7 Å². The average molecular weight is 307 g/mol. The molecule has 4 nitrogen and oxygen atoms in total. The van der Waals surface area contributed by atoms with E-state index >= 15 is 0 Å². The Morgan fingerprint density at radius 1 is 0.913 bits per heavy atom. The highest BCUT2D eigenvalue weighted by atomic mass is 16.5. The first-order valence-electron chi connectivity index (χ1n) is 7.25. The molecule has 0 unspecified atom stereocenters. The Morgan fingerprint density at radius 3 is 2.39 bits per heavy atom. The summed E-state index contributed by atoms with van der Waals surface area (Å²) in [6.07, 6.45) is 1.79. The maximum atomic E-state index is 11.6. The minimum Gasteiger partial charge on any atom is -0.497 e. The van der Waals surface area contributed by atoms with Gasteiger partial charge in [0.15, 0.2) is 0 Å². The quantitative estimate of drug-likeness (QED) is 0.735. The van der Waals surface area contributed by atoms with E-state index in [1.54, 1.807) is 37.1 Å². The molecule has 116 valence electrons. The maximum absolute atomic E-state index is 11.6. The Morgan fingerprint density at radius 2 is 1.70 bits per heavy atom. The topological polar surface area (TPSA) is 40.5 Å². The van der Waals surface area contributed by atoms with E-state index in [0.29, 0.717) is 5.75 Å². The molecule has 0 spiro atoms. The third-order valence-electron chi connectivity index (χ3n) is 3.55. The normalized spacial score (nSPS) is 10.3. The minimum absolute atomic E-state index is 0.0535. The highest BCUT2D eigenvalue weighted by molar-refractivity contribution is 5.72. The van der Waals surface area contributed by atoms with Gasteiger partial charge in [-0.3, -0.25) is 4.79 Å². The molecule has 3 rings (SSSR count). The summed E-state index contributed by atoms with van der Waals surface area (Å²) in [5, 5.41) is 0. The molecule has 0 amide bonds. The molecule has 0 saturated heterocycles. The van der Waals surface area contributed by atoms with Crippen molar-refractivity contribution in [1.82, 2.24) is 4.57 Å². The van der Waals surface area contributed by atoms with Gasteiger partial charge in [0.2, 0.25) is 5.56 Å². The summed E-state index contributed by atoms with van der Waals surface area (Å²) in [6.45, 7) is 0. The number of ether oxygens (including phenoxy) is 2. The molecule has 0 fully saturated rings. The Labute approximate surface area is 134 Å². The number of aryl methyl sites for hydroxylation is 1. The molecule has 0 N–H and O–H groups in total. The van der Waals surface area contributed by atoms with Crippen molar-refractivity contribution in [2.75, 3.05) is 7.11 Å². The molecule has 0 aliphatic rings. The molecular weight excluding hydrogens is 290 g/mol. The summed E-state index contributed by atoms with van der Waals surface area (Å²) < 4.78 is 12.8. The molecule has 0 bridgehead atoms. The van der Waals surface area contributed by atoms with Gasteiger partial charge in [-0.15, -0.1) is 0 Å². The van der Waals surface area contributed by atoms with Crippen LogP contribution in [-0.2, 0) is 7.05 Å². The molecule has 0 aliphatic heterocycles. The van der Waals surface area contributed by atoms with Crippen molar-refractivity contribution in [2.24, 2.45) is 7.05 Å². The van der Waals surface area contributed by atoms with Crippen LogP contribution in [0.15, 0.2) is 71.7 Å². The molecule has 0 saturated carbocycles. The van der Waals surface area contributed by atoms with Gasteiger partial charge in [0, 0.05) is 30.4 Å². The highest BCUT2D eigenvalue weighted by Crippen LogP contribution is 2.35. The van der Waals surface area contributed by atoms with Gasteiger partial charge in [0.05, 0.1) is 7.11 Å². The zero-order chi connectivity index (χ0) is 16.2. The summed E-state index contributed by atoms with van der Waals surface area (Å²) >= 11 is 0. The number of pyridine rings is 1. The van der Waals surface area contributed by atoms with Gasteiger partial charge in [-0.05, 0) is 36.4 Å². The van der Waals surface area contributed by atoms with Crippen LogP contribution < -0.4 is 15.0 Å². The molecule has 0 aliphatic carbocycles. The third-order valence-corrected chi connectivity index (χ3v) is 3.55. The van der Waals surface area contributed by atoms with Crippen molar-refractivity contribution in [3.8, 4) is 28.4 Å². The lowest BCUT2D eigenvalue weighted by Gasteiger charge is -2.13. The van der Waals surface area contributed by atoms with E-state index in [2.05, 4.69) is 0 Å². The van der Waals surface area contributed by atoms with Gasteiger partial charge in [-0.25, -0.2) is 0 Å². The van der Waals surface area contributed by atoms with E-state index in [0.717, 1.165) is 22.6 Å². The number of benzene rings is 2. The summed E-state index contributed by atoms with van der Waals surface area (Å²) in [4.78, 5) is 11.6. The molecule has 3 aromatic rings. The fourth-order valence-electron chi connectivity index (χ4n) is 2.32. The fourth-order valence-corrected chi connectivity index (χ4v) is 2.32. The lowest BCUT2D eigenvalue weighted by Crippen LogP contribution is -2.14. The molecule has 2 aromatic carbocycles. The predicted molar refractivity (Wildman–Crippen MR) is 90.2 cm³/mol. The zero-order valence-electron chi connectivity index (χ0n) is 13.0. The van der Waals surface area contributed by atoms with Crippen molar-refractivity contribution in [2.45, 2.75) is 0 Å². The molecule has 0 atom stereocenters. The van der Waals surface area contributed by atoms with Crippen LogP contribution in [0, 0.1) is 0 Å². The van der Waals surface area contributed by atoms with Gasteiger partial charge in [-0.2, -0.15) is 0 Å². The summed E-state index contributed by atoms with van der Waals surface area (Å²) in [6, 6.07) is 18.5. The van der Waals surface area contributed by atoms with E-state index in [-0.39, 0.29) is 5.56 Å². The molecule has 0 radical (unpaired) electrons. The molecule has 23 heavy (non-hydrogen) atoms. The van der Waals surface area contributed by atoms with E-state index in [9.17, 15) is 4.79 Å². The van der Waals surface area contributed by atoms with E-state index < -0.39 is 0 Å². The molecule has 4 heteroatoms. The van der Waals surface area contributed by atoms with Gasteiger partial charge in [-0.1, -0.05) is 18.2 Å². The monoisotopic (exact) mass is 307 g/mol. The van der Waals surface area contributed by atoms with E-state index in [4.69, 9.17) is 9.47 Å². The number of nitrogens with zero attached hydrogens (tertiary/aromatic N) is 1. The number of aromatic nitrogens is 1. The zero-order valence-corrected chi connectivity index (χ0v) is 13.0. The van der Waals surface area contributed by atoms with Crippen LogP contribution in [0.1, 0.15) is 0 Å². The second-order valence-electron chi connectivity index (χ2n) is 5.14. The Bertz CT molecular complexity index is 869. The second-order valence-corrected chi connectivity index (χ2v) is 5.14. The second kappa shape index (κ2) is 6.40. The highest BCUT2D eigenvalue weighted by Gasteiger charge is 2.10.